The number of carbonyl (C=O) groups is 1. The molecule has 11 heteroatoms. The normalized spacial score (nSPS) is 14.8. The van der Waals surface area contributed by atoms with E-state index in [0.29, 0.717) is 6.92 Å². The predicted molar refractivity (Wildman–Crippen MR) is 64.9 cm³/mol. The third kappa shape index (κ3) is 2.58. The van der Waals surface area contributed by atoms with Crippen LogP contribution in [0.2, 0.25) is 0 Å². The second-order valence-electron chi connectivity index (χ2n) is 3.90. The average Bonchev–Trinajstić information content (AvgIpc) is 2.43. The van der Waals surface area contributed by atoms with Crippen LogP contribution in [0.5, 0.6) is 0 Å². The molecule has 2 atom stereocenters. The molecule has 0 unspecified atom stereocenters. The summed E-state index contributed by atoms with van der Waals surface area (Å²) in [5.41, 5.74) is -3.88. The molecule has 0 amide bonds. The van der Waals surface area contributed by atoms with Crippen molar-refractivity contribution in [3.63, 3.8) is 0 Å². The van der Waals surface area contributed by atoms with Crippen LogP contribution in [-0.4, -0.2) is 32.8 Å². The number of para-hydroxylation sites is 1. The van der Waals surface area contributed by atoms with Crippen LogP contribution in [0.1, 0.15) is 6.92 Å². The van der Waals surface area contributed by atoms with Crippen LogP contribution >= 0.6 is 0 Å². The molecule has 0 saturated carbocycles. The molecule has 1 N–H and O–H groups in total. The summed E-state index contributed by atoms with van der Waals surface area (Å²) < 4.78 is 12.4. The van der Waals surface area contributed by atoms with Crippen LogP contribution in [0.25, 0.3) is 0 Å². The minimum Gasteiger partial charge on any atom is -0.474 e. The molecule has 0 heterocycles. The lowest BCUT2D eigenvalue weighted by Crippen LogP contribution is -2.68. The summed E-state index contributed by atoms with van der Waals surface area (Å²) in [5, 5.41) is 30.0. The number of halogens is 1. The number of anilines is 1. The number of benzene rings is 1. The van der Waals surface area contributed by atoms with Gasteiger partial charge < -0.3 is 5.11 Å². The summed E-state index contributed by atoms with van der Waals surface area (Å²) in [7, 11) is 0. The van der Waals surface area contributed by atoms with Gasteiger partial charge in [-0.25, -0.2) is 14.9 Å². The molecule has 21 heavy (non-hydrogen) atoms. The fraction of sp³-hybridized carbons (Fsp3) is 0.300. The van der Waals surface area contributed by atoms with Crippen LogP contribution in [0, 0.1) is 20.2 Å². The van der Waals surface area contributed by atoms with Gasteiger partial charge in [0.05, 0.1) is 4.92 Å². The van der Waals surface area contributed by atoms with E-state index in [4.69, 9.17) is 5.11 Å². The van der Waals surface area contributed by atoms with Crippen molar-refractivity contribution >= 4 is 11.7 Å². The lowest BCUT2D eigenvalue weighted by Gasteiger charge is -2.28. The molecule has 0 aromatic heterocycles. The van der Waals surface area contributed by atoms with Gasteiger partial charge in [-0.15, -0.1) is 0 Å². The topological polar surface area (TPSA) is 136 Å². The van der Waals surface area contributed by atoms with Crippen molar-refractivity contribution in [2.75, 3.05) is 5.01 Å². The summed E-state index contributed by atoms with van der Waals surface area (Å²) in [6, 6.07) is 6.23. The molecular weight excluding hydrogens is 293 g/mol. The van der Waals surface area contributed by atoms with Gasteiger partial charge in [-0.2, -0.15) is 4.94 Å². The van der Waals surface area contributed by atoms with Gasteiger partial charge in [0.1, 0.15) is 5.69 Å². The van der Waals surface area contributed by atoms with Gasteiger partial charge in [-0.1, -0.05) is 18.2 Å². The quantitative estimate of drug-likeness (QED) is 0.448. The van der Waals surface area contributed by atoms with E-state index in [1.807, 2.05) is 0 Å². The lowest BCUT2D eigenvalue weighted by molar-refractivity contribution is -0.637. The molecule has 1 rings (SSSR count). The number of hydrazine groups is 1. The average molecular weight is 303 g/mol. The highest BCUT2D eigenvalue weighted by Gasteiger charge is 2.69. The zero-order chi connectivity index (χ0) is 16.2. The van der Waals surface area contributed by atoms with Gasteiger partial charge in [0.15, 0.2) is 5.03 Å². The molecule has 0 spiro atoms. The number of nitro groups is 2. The Morgan fingerprint density at radius 1 is 1.38 bits per heavy atom. The second-order valence-corrected chi connectivity index (χ2v) is 3.90. The highest BCUT2D eigenvalue weighted by atomic mass is 19.3. The molecule has 114 valence electrons. The Hall–Kier alpha value is -2.82. The molecule has 0 fully saturated rings. The molecule has 0 saturated heterocycles. The Balaban J connectivity index is 3.64. The van der Waals surface area contributed by atoms with E-state index in [0.717, 1.165) is 12.1 Å². The second kappa shape index (κ2) is 6.09. The Morgan fingerprint density at radius 2 is 1.90 bits per heavy atom. The van der Waals surface area contributed by atoms with E-state index in [1.165, 1.54) is 18.2 Å². The Bertz CT molecular complexity index is 539. The number of aliphatic carboxylic acids is 1. The van der Waals surface area contributed by atoms with Crippen molar-refractivity contribution in [1.29, 1.82) is 0 Å². The summed E-state index contributed by atoms with van der Waals surface area (Å²) in [6.07, 6.45) is -2.25. The smallest absolute Gasteiger partial charge is 0.472 e. The zero-order valence-corrected chi connectivity index (χ0v) is 10.6. The molecule has 10 nitrogen and oxygen atoms in total. The van der Waals surface area contributed by atoms with Gasteiger partial charge in [-0.05, 0) is 28.6 Å². The number of carboxylic acid groups (broad SMARTS) is 1. The van der Waals surface area contributed by atoms with E-state index in [9.17, 15) is 29.5 Å². The van der Waals surface area contributed by atoms with Crippen molar-refractivity contribution in [1.82, 2.24) is 0 Å². The third-order valence-corrected chi connectivity index (χ3v) is 2.78. The summed E-state index contributed by atoms with van der Waals surface area (Å²) in [6.45, 7) is 0.705. The molecule has 1 aromatic rings. The van der Waals surface area contributed by atoms with Crippen LogP contribution in [-0.2, 0) is 9.74 Å². The molecular formula is C10H10FN3O7. The molecule has 1 aromatic carbocycles. The van der Waals surface area contributed by atoms with Crippen molar-refractivity contribution in [3.05, 3.63) is 50.6 Å². The minimum absolute atomic E-state index is 0.250. The number of carboxylic acids is 1. The van der Waals surface area contributed by atoms with Gasteiger partial charge in [-0.3, -0.25) is 10.1 Å². The largest absolute Gasteiger partial charge is 0.474 e. The first-order valence-electron chi connectivity index (χ1n) is 5.45. The minimum atomic E-state index is -3.47. The van der Waals surface area contributed by atoms with Crippen molar-refractivity contribution in [2.45, 2.75) is 18.7 Å². The van der Waals surface area contributed by atoms with E-state index >= 15 is 0 Å². The first-order chi connectivity index (χ1) is 9.79. The SMILES string of the molecule is C[C@@H](OF)[C@@](C(=O)O)(N(c1ccccc1)[N+](=O)[O-])[N+](=O)[O-]. The molecule has 0 aliphatic heterocycles. The highest BCUT2D eigenvalue weighted by Crippen LogP contribution is 2.30. The number of nitrogens with zero attached hydrogens (tertiary/aromatic N) is 3. The summed E-state index contributed by atoms with van der Waals surface area (Å²) in [5.74, 6) is -2.24. The van der Waals surface area contributed by atoms with E-state index < -0.39 is 33.4 Å². The summed E-state index contributed by atoms with van der Waals surface area (Å²) in [4.78, 5) is 35.5. The van der Waals surface area contributed by atoms with Crippen LogP contribution in [0.4, 0.5) is 10.2 Å². The van der Waals surface area contributed by atoms with E-state index in [-0.39, 0.29) is 5.01 Å². The highest BCUT2D eigenvalue weighted by molar-refractivity contribution is 5.81. The van der Waals surface area contributed by atoms with Gasteiger partial charge in [0, 0.05) is 0 Å². The van der Waals surface area contributed by atoms with Gasteiger partial charge in [0.2, 0.25) is 6.10 Å². The molecule has 0 aliphatic carbocycles. The number of hydrogen-bond donors (Lipinski definition) is 1. The molecule has 0 aliphatic rings. The fourth-order valence-corrected chi connectivity index (χ4v) is 1.79. The fourth-order valence-electron chi connectivity index (χ4n) is 1.79. The van der Waals surface area contributed by atoms with E-state index in [2.05, 4.69) is 4.94 Å². The van der Waals surface area contributed by atoms with Gasteiger partial charge in [0.25, 0.3) is 0 Å². The maximum atomic E-state index is 12.4. The number of rotatable bonds is 7. The first-order valence-corrected chi connectivity index (χ1v) is 5.45. The van der Waals surface area contributed by atoms with Gasteiger partial charge >= 0.3 is 11.6 Å². The zero-order valence-electron chi connectivity index (χ0n) is 10.6. The Morgan fingerprint density at radius 3 is 2.24 bits per heavy atom. The number of hydrogen-bond acceptors (Lipinski definition) is 6. The van der Waals surface area contributed by atoms with Crippen LogP contribution in [0.15, 0.2) is 30.3 Å². The van der Waals surface area contributed by atoms with Crippen molar-refractivity contribution < 1.29 is 29.3 Å². The van der Waals surface area contributed by atoms with Crippen LogP contribution in [0.3, 0.4) is 0 Å². The lowest BCUT2D eigenvalue weighted by atomic mass is 10.0. The predicted octanol–water partition coefficient (Wildman–Crippen LogP) is 1.03. The maximum Gasteiger partial charge on any atom is 0.472 e. The Kier molecular flexibility index (Phi) is 4.71. The molecule has 0 bridgehead atoms. The van der Waals surface area contributed by atoms with Crippen molar-refractivity contribution in [3.8, 4) is 0 Å². The summed E-state index contributed by atoms with van der Waals surface area (Å²) >= 11 is 0. The maximum absolute atomic E-state index is 12.4. The van der Waals surface area contributed by atoms with Crippen LogP contribution < -0.4 is 5.01 Å². The monoisotopic (exact) mass is 303 g/mol. The molecule has 0 radical (unpaired) electrons. The van der Waals surface area contributed by atoms with E-state index in [1.54, 1.807) is 0 Å². The first kappa shape index (κ1) is 16.2. The Labute approximate surface area is 116 Å². The third-order valence-electron chi connectivity index (χ3n) is 2.78. The van der Waals surface area contributed by atoms with Crippen molar-refractivity contribution in [2.24, 2.45) is 0 Å². The standard InChI is InChI=1S/C10H10FN3O7/c1-7(21-11)10(9(15)16,13(17)18)12(14(19)20)8-5-3-2-4-6-8/h2-7H,1H3,(H,15,16)/t7-,10-/m1/s1.